The van der Waals surface area contributed by atoms with Gasteiger partial charge < -0.3 is 14.4 Å². The molecule has 1 rings (SSSR count). The monoisotopic (exact) mass is 261 g/mol. The summed E-state index contributed by atoms with van der Waals surface area (Å²) in [5.74, 6) is 0. The molecule has 0 aromatic rings. The lowest BCUT2D eigenvalue weighted by Crippen LogP contribution is -2.40. The van der Waals surface area contributed by atoms with Gasteiger partial charge in [-0.15, -0.1) is 0 Å². The van der Waals surface area contributed by atoms with Gasteiger partial charge in [-0.05, 0) is 33.6 Å². The number of hydrogen-bond donors (Lipinski definition) is 0. The Morgan fingerprint density at radius 2 is 2.11 bits per heavy atom. The van der Waals surface area contributed by atoms with E-state index in [0.29, 0.717) is 13.1 Å². The van der Waals surface area contributed by atoms with E-state index in [2.05, 4.69) is 0 Å². The first-order chi connectivity index (χ1) is 8.32. The second kappa shape index (κ2) is 5.87. The highest BCUT2D eigenvalue weighted by atomic mass is 19.1. The van der Waals surface area contributed by atoms with Crippen LogP contribution in [0.4, 0.5) is 9.18 Å². The number of carbonyl (C=O) groups excluding carboxylic acids is 1. The van der Waals surface area contributed by atoms with E-state index in [9.17, 15) is 9.18 Å². The second-order valence-electron chi connectivity index (χ2n) is 5.73. The molecule has 1 amide bonds. The second-order valence-corrected chi connectivity index (χ2v) is 5.73. The smallest absolute Gasteiger partial charge is 0.410 e. The summed E-state index contributed by atoms with van der Waals surface area (Å²) in [6.07, 6.45) is 1.19. The molecule has 1 atom stereocenters. The molecular formula is C13H24FNO3. The number of ether oxygens (including phenoxy) is 2. The summed E-state index contributed by atoms with van der Waals surface area (Å²) < 4.78 is 23.1. The molecule has 0 N–H and O–H groups in total. The van der Waals surface area contributed by atoms with Crippen molar-refractivity contribution in [2.24, 2.45) is 0 Å². The average Bonchev–Trinajstić information content (AvgIpc) is 2.69. The molecule has 0 spiro atoms. The van der Waals surface area contributed by atoms with Gasteiger partial charge in [0.2, 0.25) is 0 Å². The number of alkyl halides is 1. The van der Waals surface area contributed by atoms with E-state index < -0.39 is 17.9 Å². The summed E-state index contributed by atoms with van der Waals surface area (Å²) in [5.41, 5.74) is -0.892. The predicted molar refractivity (Wildman–Crippen MR) is 67.4 cm³/mol. The largest absolute Gasteiger partial charge is 0.444 e. The molecule has 106 valence electrons. The highest BCUT2D eigenvalue weighted by molar-refractivity contribution is 5.68. The maximum atomic E-state index is 12.2. The third-order valence-electron chi connectivity index (χ3n) is 3.10. The summed E-state index contributed by atoms with van der Waals surface area (Å²) in [7, 11) is 0. The average molecular weight is 261 g/mol. The molecule has 4 nitrogen and oxygen atoms in total. The minimum atomic E-state index is -0.492. The molecule has 1 aliphatic rings. The molecule has 0 aromatic carbocycles. The van der Waals surface area contributed by atoms with Crippen molar-refractivity contribution in [3.63, 3.8) is 0 Å². The lowest BCUT2D eigenvalue weighted by molar-refractivity contribution is -0.0467. The lowest BCUT2D eigenvalue weighted by Gasteiger charge is -2.29. The van der Waals surface area contributed by atoms with Crippen molar-refractivity contribution in [1.82, 2.24) is 4.90 Å². The van der Waals surface area contributed by atoms with Crippen LogP contribution in [0.1, 0.15) is 40.5 Å². The standard InChI is InChI=1S/C13H24FNO3/c1-5-13(17-9-7-14)6-8-15(10-13)11(16)18-12(2,3)4/h5-10H2,1-4H3. The van der Waals surface area contributed by atoms with Crippen molar-refractivity contribution >= 4 is 6.09 Å². The Morgan fingerprint density at radius 3 is 2.61 bits per heavy atom. The van der Waals surface area contributed by atoms with Crippen molar-refractivity contribution in [2.45, 2.75) is 51.7 Å². The van der Waals surface area contributed by atoms with Crippen molar-refractivity contribution in [2.75, 3.05) is 26.4 Å². The minimum absolute atomic E-state index is 0.0933. The van der Waals surface area contributed by atoms with Crippen LogP contribution < -0.4 is 0 Å². The zero-order valence-corrected chi connectivity index (χ0v) is 11.8. The molecule has 0 radical (unpaired) electrons. The Labute approximate surface area is 108 Å². The normalized spacial score (nSPS) is 24.4. The van der Waals surface area contributed by atoms with Crippen LogP contribution in [0.2, 0.25) is 0 Å². The van der Waals surface area contributed by atoms with Gasteiger partial charge in [-0.2, -0.15) is 0 Å². The molecule has 1 aliphatic heterocycles. The maximum absolute atomic E-state index is 12.2. The summed E-state index contributed by atoms with van der Waals surface area (Å²) in [5, 5.41) is 0. The minimum Gasteiger partial charge on any atom is -0.444 e. The van der Waals surface area contributed by atoms with Gasteiger partial charge in [0.15, 0.2) is 0 Å². The van der Waals surface area contributed by atoms with Crippen LogP contribution in [-0.2, 0) is 9.47 Å². The third-order valence-corrected chi connectivity index (χ3v) is 3.10. The van der Waals surface area contributed by atoms with Crippen LogP contribution >= 0.6 is 0 Å². The highest BCUT2D eigenvalue weighted by Gasteiger charge is 2.40. The summed E-state index contributed by atoms with van der Waals surface area (Å²) in [6, 6.07) is 0. The molecule has 1 unspecified atom stereocenters. The zero-order chi connectivity index (χ0) is 13.8. The van der Waals surface area contributed by atoms with Gasteiger partial charge in [0.05, 0.1) is 18.8 Å². The number of likely N-dealkylation sites (tertiary alicyclic amines) is 1. The van der Waals surface area contributed by atoms with Gasteiger partial charge in [-0.3, -0.25) is 0 Å². The fourth-order valence-electron chi connectivity index (χ4n) is 2.09. The van der Waals surface area contributed by atoms with Crippen LogP contribution in [-0.4, -0.2) is 48.6 Å². The Bertz CT molecular complexity index is 290. The van der Waals surface area contributed by atoms with E-state index in [1.165, 1.54) is 0 Å². The summed E-state index contributed by atoms with van der Waals surface area (Å²) in [6.45, 7) is 8.21. The van der Waals surface area contributed by atoms with Crippen molar-refractivity contribution < 1.29 is 18.7 Å². The molecule has 1 heterocycles. The van der Waals surface area contributed by atoms with Gasteiger partial charge in [0, 0.05) is 6.54 Å². The lowest BCUT2D eigenvalue weighted by atomic mass is 10.00. The summed E-state index contributed by atoms with van der Waals surface area (Å²) in [4.78, 5) is 13.6. The Balaban J connectivity index is 2.55. The fraction of sp³-hybridized carbons (Fsp3) is 0.923. The number of amides is 1. The molecule has 0 bridgehead atoms. The van der Waals surface area contributed by atoms with E-state index in [-0.39, 0.29) is 12.7 Å². The van der Waals surface area contributed by atoms with Crippen molar-refractivity contribution in [1.29, 1.82) is 0 Å². The molecule has 5 heteroatoms. The molecule has 18 heavy (non-hydrogen) atoms. The topological polar surface area (TPSA) is 38.8 Å². The van der Waals surface area contributed by atoms with E-state index in [4.69, 9.17) is 9.47 Å². The maximum Gasteiger partial charge on any atom is 0.410 e. The first-order valence-electron chi connectivity index (χ1n) is 6.50. The molecule has 0 aromatic heterocycles. The molecule has 1 fully saturated rings. The van der Waals surface area contributed by atoms with Crippen LogP contribution in [0.5, 0.6) is 0 Å². The van der Waals surface area contributed by atoms with Gasteiger partial charge >= 0.3 is 6.09 Å². The predicted octanol–water partition coefficient (Wildman–Crippen LogP) is 2.76. The number of halogens is 1. The molecular weight excluding hydrogens is 237 g/mol. The number of rotatable bonds is 4. The highest BCUT2D eigenvalue weighted by Crippen LogP contribution is 2.29. The quantitative estimate of drug-likeness (QED) is 0.781. The Morgan fingerprint density at radius 1 is 1.44 bits per heavy atom. The first kappa shape index (κ1) is 15.2. The van der Waals surface area contributed by atoms with E-state index in [1.54, 1.807) is 4.90 Å². The number of nitrogens with zero attached hydrogens (tertiary/aromatic N) is 1. The summed E-state index contributed by atoms with van der Waals surface area (Å²) >= 11 is 0. The molecule has 1 saturated heterocycles. The van der Waals surface area contributed by atoms with E-state index in [0.717, 1.165) is 12.8 Å². The Hall–Kier alpha value is -0.840. The van der Waals surface area contributed by atoms with Crippen LogP contribution in [0, 0.1) is 0 Å². The van der Waals surface area contributed by atoms with Gasteiger partial charge in [-0.25, -0.2) is 9.18 Å². The van der Waals surface area contributed by atoms with E-state index in [1.807, 2.05) is 27.7 Å². The first-order valence-corrected chi connectivity index (χ1v) is 6.50. The number of carbonyl (C=O) groups is 1. The Kier molecular flexibility index (Phi) is 4.96. The molecule has 0 aliphatic carbocycles. The zero-order valence-electron chi connectivity index (χ0n) is 11.8. The van der Waals surface area contributed by atoms with Crippen molar-refractivity contribution in [3.05, 3.63) is 0 Å². The van der Waals surface area contributed by atoms with Gasteiger partial charge in [0.25, 0.3) is 0 Å². The van der Waals surface area contributed by atoms with Gasteiger partial charge in [-0.1, -0.05) is 6.92 Å². The van der Waals surface area contributed by atoms with Crippen molar-refractivity contribution in [3.8, 4) is 0 Å². The molecule has 0 saturated carbocycles. The van der Waals surface area contributed by atoms with Crippen LogP contribution in [0.15, 0.2) is 0 Å². The van der Waals surface area contributed by atoms with Crippen LogP contribution in [0.3, 0.4) is 0 Å². The number of hydrogen-bond acceptors (Lipinski definition) is 3. The van der Waals surface area contributed by atoms with Gasteiger partial charge in [0.1, 0.15) is 12.3 Å². The van der Waals surface area contributed by atoms with Crippen LogP contribution in [0.25, 0.3) is 0 Å². The fourth-order valence-corrected chi connectivity index (χ4v) is 2.09. The SMILES string of the molecule is CCC1(OCCF)CCN(C(=O)OC(C)(C)C)C1. The third kappa shape index (κ3) is 4.12. The van der Waals surface area contributed by atoms with E-state index >= 15 is 0 Å².